The van der Waals surface area contributed by atoms with E-state index in [0.717, 1.165) is 37.9 Å². The van der Waals surface area contributed by atoms with E-state index in [9.17, 15) is 4.79 Å². The molecule has 0 radical (unpaired) electrons. The maximum Gasteiger partial charge on any atom is 0.230 e. The third kappa shape index (κ3) is 5.60. The quantitative estimate of drug-likeness (QED) is 0.427. The smallest absolute Gasteiger partial charge is 0.230 e. The highest BCUT2D eigenvalue weighted by Crippen LogP contribution is 2.23. The molecule has 3 nitrogen and oxygen atoms in total. The van der Waals surface area contributed by atoms with E-state index in [2.05, 4.69) is 78.0 Å². The second-order valence-corrected chi connectivity index (χ2v) is 7.60. The van der Waals surface area contributed by atoms with Crippen LogP contribution < -0.4 is 0 Å². The number of nitrogens with zero attached hydrogens (tertiary/aromatic N) is 2. The van der Waals surface area contributed by atoms with Crippen molar-refractivity contribution in [3.63, 3.8) is 0 Å². The van der Waals surface area contributed by atoms with E-state index in [4.69, 9.17) is 0 Å². The summed E-state index contributed by atoms with van der Waals surface area (Å²) in [5.41, 5.74) is 3.56. The van der Waals surface area contributed by atoms with E-state index in [1.165, 1.54) is 11.3 Å². The van der Waals surface area contributed by atoms with Gasteiger partial charge in [0.15, 0.2) is 0 Å². The van der Waals surface area contributed by atoms with Crippen molar-refractivity contribution in [3.05, 3.63) is 95.8 Å². The number of rotatable bonds is 10. The number of hydrogen-bond acceptors (Lipinski definition) is 1. The molecule has 2 aromatic carbocycles. The van der Waals surface area contributed by atoms with Crippen LogP contribution in [0.4, 0.5) is 0 Å². The molecule has 3 rings (SSSR count). The molecule has 0 aliphatic rings. The van der Waals surface area contributed by atoms with E-state index in [1.807, 2.05) is 24.3 Å². The fourth-order valence-corrected chi connectivity index (χ4v) is 3.80. The average molecular weight is 389 g/mol. The van der Waals surface area contributed by atoms with Crippen molar-refractivity contribution in [2.75, 3.05) is 6.54 Å². The summed E-state index contributed by atoms with van der Waals surface area (Å²) < 4.78 is 2.25. The van der Waals surface area contributed by atoms with Gasteiger partial charge in [-0.2, -0.15) is 0 Å². The molecular formula is C26H32N2O. The summed E-state index contributed by atoms with van der Waals surface area (Å²) in [5, 5.41) is 0. The van der Waals surface area contributed by atoms with E-state index in [0.29, 0.717) is 6.54 Å². The van der Waals surface area contributed by atoms with Crippen molar-refractivity contribution >= 4 is 5.91 Å². The Morgan fingerprint density at radius 3 is 2.28 bits per heavy atom. The van der Waals surface area contributed by atoms with Gasteiger partial charge < -0.3 is 9.47 Å². The lowest BCUT2D eigenvalue weighted by molar-refractivity contribution is -0.133. The minimum absolute atomic E-state index is 0.0782. The van der Waals surface area contributed by atoms with Crippen LogP contribution in [0.15, 0.2) is 79.0 Å². The molecule has 1 unspecified atom stereocenters. The van der Waals surface area contributed by atoms with Crippen LogP contribution in [-0.2, 0) is 17.9 Å². The van der Waals surface area contributed by atoms with Gasteiger partial charge in [0.05, 0.1) is 12.5 Å². The molecule has 0 saturated heterocycles. The fourth-order valence-electron chi connectivity index (χ4n) is 3.80. The SMILES string of the molecule is CCCCN(Cc1cccn1Cc1ccccc1)C(=O)C(CC)c1ccccc1. The Labute approximate surface area is 175 Å². The molecule has 1 atom stereocenters. The first-order valence-electron chi connectivity index (χ1n) is 10.7. The van der Waals surface area contributed by atoms with Crippen molar-refractivity contribution < 1.29 is 4.79 Å². The number of hydrogen-bond donors (Lipinski definition) is 0. The third-order valence-electron chi connectivity index (χ3n) is 5.47. The molecule has 1 heterocycles. The molecule has 0 aliphatic carbocycles. The summed E-state index contributed by atoms with van der Waals surface area (Å²) in [5.74, 6) is 0.158. The van der Waals surface area contributed by atoms with Gasteiger partial charge in [-0.25, -0.2) is 0 Å². The molecule has 29 heavy (non-hydrogen) atoms. The van der Waals surface area contributed by atoms with Crippen LogP contribution >= 0.6 is 0 Å². The zero-order valence-electron chi connectivity index (χ0n) is 17.6. The van der Waals surface area contributed by atoms with Crippen LogP contribution in [-0.4, -0.2) is 21.9 Å². The summed E-state index contributed by atoms with van der Waals surface area (Å²) in [6, 6.07) is 24.9. The lowest BCUT2D eigenvalue weighted by Crippen LogP contribution is -2.36. The predicted octanol–water partition coefficient (Wildman–Crippen LogP) is 5.86. The van der Waals surface area contributed by atoms with Gasteiger partial charge in [-0.3, -0.25) is 4.79 Å². The van der Waals surface area contributed by atoms with Crippen molar-refractivity contribution in [2.45, 2.75) is 52.1 Å². The van der Waals surface area contributed by atoms with Gasteiger partial charge >= 0.3 is 0 Å². The maximum atomic E-state index is 13.5. The fraction of sp³-hybridized carbons (Fsp3) is 0.346. The Morgan fingerprint density at radius 1 is 0.931 bits per heavy atom. The molecule has 1 amide bonds. The Bertz CT molecular complexity index is 870. The average Bonchev–Trinajstić information content (AvgIpc) is 3.19. The van der Waals surface area contributed by atoms with Gasteiger partial charge in [0.1, 0.15) is 0 Å². The molecule has 0 N–H and O–H groups in total. The van der Waals surface area contributed by atoms with Gasteiger partial charge in [-0.1, -0.05) is 80.9 Å². The van der Waals surface area contributed by atoms with Crippen LogP contribution in [0.25, 0.3) is 0 Å². The van der Waals surface area contributed by atoms with Crippen LogP contribution in [0.5, 0.6) is 0 Å². The second-order valence-electron chi connectivity index (χ2n) is 7.60. The van der Waals surface area contributed by atoms with Crippen molar-refractivity contribution in [1.82, 2.24) is 9.47 Å². The molecule has 0 fully saturated rings. The molecular weight excluding hydrogens is 356 g/mol. The number of amides is 1. The van der Waals surface area contributed by atoms with Crippen LogP contribution in [0.1, 0.15) is 55.8 Å². The molecule has 152 valence electrons. The van der Waals surface area contributed by atoms with Gasteiger partial charge in [0, 0.05) is 25.0 Å². The van der Waals surface area contributed by atoms with E-state index >= 15 is 0 Å². The first-order valence-corrected chi connectivity index (χ1v) is 10.7. The molecule has 3 aromatic rings. The maximum absolute atomic E-state index is 13.5. The monoisotopic (exact) mass is 388 g/mol. The first-order chi connectivity index (χ1) is 14.2. The highest BCUT2D eigenvalue weighted by Gasteiger charge is 2.24. The van der Waals surface area contributed by atoms with E-state index in [1.54, 1.807) is 0 Å². The summed E-state index contributed by atoms with van der Waals surface area (Å²) in [6.45, 7) is 6.56. The number of aromatic nitrogens is 1. The summed E-state index contributed by atoms with van der Waals surface area (Å²) in [4.78, 5) is 15.6. The number of carbonyl (C=O) groups is 1. The van der Waals surface area contributed by atoms with Gasteiger partial charge in [0.25, 0.3) is 0 Å². The minimum atomic E-state index is -0.0782. The van der Waals surface area contributed by atoms with E-state index < -0.39 is 0 Å². The lowest BCUT2D eigenvalue weighted by Gasteiger charge is -2.28. The Morgan fingerprint density at radius 2 is 1.62 bits per heavy atom. The third-order valence-corrected chi connectivity index (χ3v) is 5.47. The molecule has 0 spiro atoms. The van der Waals surface area contributed by atoms with Gasteiger partial charge in [0.2, 0.25) is 5.91 Å². The molecule has 1 aromatic heterocycles. The van der Waals surface area contributed by atoms with Gasteiger partial charge in [-0.05, 0) is 36.1 Å². The van der Waals surface area contributed by atoms with Crippen molar-refractivity contribution in [1.29, 1.82) is 0 Å². The normalized spacial score (nSPS) is 11.9. The summed E-state index contributed by atoms with van der Waals surface area (Å²) in [7, 11) is 0. The van der Waals surface area contributed by atoms with Crippen molar-refractivity contribution in [3.8, 4) is 0 Å². The Hall–Kier alpha value is -2.81. The Kier molecular flexibility index (Phi) is 7.69. The molecule has 0 bridgehead atoms. The van der Waals surface area contributed by atoms with Crippen LogP contribution in [0.2, 0.25) is 0 Å². The molecule has 0 aliphatic heterocycles. The molecule has 0 saturated carbocycles. The number of carbonyl (C=O) groups excluding carboxylic acids is 1. The predicted molar refractivity (Wildman–Crippen MR) is 120 cm³/mol. The number of benzene rings is 2. The minimum Gasteiger partial charge on any atom is -0.345 e. The lowest BCUT2D eigenvalue weighted by atomic mass is 9.95. The molecule has 3 heteroatoms. The summed E-state index contributed by atoms with van der Waals surface area (Å²) in [6.07, 6.45) is 5.03. The number of unbranched alkanes of at least 4 members (excludes halogenated alkanes) is 1. The standard InChI is InChI=1S/C26H32N2O/c1-3-5-18-28(26(29)25(4-2)23-15-10-7-11-16-23)21-24-17-12-19-27(24)20-22-13-8-6-9-14-22/h6-17,19,25H,3-5,18,20-21H2,1-2H3. The van der Waals surface area contributed by atoms with Crippen molar-refractivity contribution in [2.24, 2.45) is 0 Å². The van der Waals surface area contributed by atoms with Crippen LogP contribution in [0.3, 0.4) is 0 Å². The first kappa shape index (κ1) is 20.9. The highest BCUT2D eigenvalue weighted by molar-refractivity contribution is 5.83. The second kappa shape index (κ2) is 10.7. The zero-order chi connectivity index (χ0) is 20.5. The largest absolute Gasteiger partial charge is 0.345 e. The summed E-state index contributed by atoms with van der Waals surface area (Å²) >= 11 is 0. The van der Waals surface area contributed by atoms with E-state index in [-0.39, 0.29) is 11.8 Å². The highest BCUT2D eigenvalue weighted by atomic mass is 16.2. The van der Waals surface area contributed by atoms with Crippen LogP contribution in [0, 0.1) is 0 Å². The van der Waals surface area contributed by atoms with Gasteiger partial charge in [-0.15, -0.1) is 0 Å². The zero-order valence-corrected chi connectivity index (χ0v) is 17.6. The Balaban J connectivity index is 1.79. The topological polar surface area (TPSA) is 25.2 Å².